The number of amidine groups is 1. The van der Waals surface area contributed by atoms with Gasteiger partial charge in [0.05, 0.1) is 0 Å². The number of amides is 1. The van der Waals surface area contributed by atoms with E-state index in [0.717, 1.165) is 12.3 Å². The Kier molecular flexibility index (Phi) is 1.50. The standard InChI is InChI=1S/C7H12N2O/c1-4-5-8-6(10)7(2,3)9-5/h4H2,1-3H3,(H,8,9,10). The second kappa shape index (κ2) is 2.08. The number of carbonyl (C=O) groups is 1. The molecular formula is C7H12N2O. The maximum absolute atomic E-state index is 11.0. The van der Waals surface area contributed by atoms with Crippen LogP contribution in [0.25, 0.3) is 0 Å². The lowest BCUT2D eigenvalue weighted by Gasteiger charge is -2.07. The van der Waals surface area contributed by atoms with Crippen LogP contribution in [0, 0.1) is 0 Å². The first kappa shape index (κ1) is 7.25. The molecule has 0 unspecified atom stereocenters. The van der Waals surface area contributed by atoms with Gasteiger partial charge in [-0.25, -0.2) is 0 Å². The summed E-state index contributed by atoms with van der Waals surface area (Å²) in [6.07, 6.45) is 0.801. The minimum Gasteiger partial charge on any atom is -0.312 e. The minimum absolute atomic E-state index is 0.00403. The van der Waals surface area contributed by atoms with Crippen LogP contribution in [0.3, 0.4) is 0 Å². The Morgan fingerprint density at radius 3 is 2.40 bits per heavy atom. The average molecular weight is 140 g/mol. The molecule has 0 aromatic carbocycles. The lowest BCUT2D eigenvalue weighted by atomic mass is 10.1. The van der Waals surface area contributed by atoms with E-state index in [9.17, 15) is 4.79 Å². The highest BCUT2D eigenvalue weighted by molar-refractivity contribution is 6.07. The first-order valence-corrected chi connectivity index (χ1v) is 3.46. The Bertz CT molecular complexity index is 194. The molecule has 0 aromatic heterocycles. The predicted octanol–water partition coefficient (Wildman–Crippen LogP) is 0.703. The Labute approximate surface area is 60.5 Å². The molecule has 0 radical (unpaired) electrons. The molecule has 10 heavy (non-hydrogen) atoms. The summed E-state index contributed by atoms with van der Waals surface area (Å²) in [5, 5.41) is 2.70. The van der Waals surface area contributed by atoms with Crippen molar-refractivity contribution in [1.29, 1.82) is 0 Å². The van der Waals surface area contributed by atoms with Gasteiger partial charge < -0.3 is 5.32 Å². The van der Waals surface area contributed by atoms with E-state index in [4.69, 9.17) is 0 Å². The molecule has 0 saturated heterocycles. The van der Waals surface area contributed by atoms with E-state index in [0.29, 0.717) is 0 Å². The maximum atomic E-state index is 11.0. The number of rotatable bonds is 1. The Balaban J connectivity index is 2.81. The van der Waals surface area contributed by atoms with Crippen LogP contribution < -0.4 is 5.32 Å². The fraction of sp³-hybridized carbons (Fsp3) is 0.714. The van der Waals surface area contributed by atoms with Crippen molar-refractivity contribution in [3.05, 3.63) is 0 Å². The predicted molar refractivity (Wildman–Crippen MR) is 39.9 cm³/mol. The molecule has 56 valence electrons. The normalized spacial score (nSPS) is 22.3. The molecule has 0 atom stereocenters. The van der Waals surface area contributed by atoms with E-state index in [1.165, 1.54) is 0 Å². The third-order valence-corrected chi connectivity index (χ3v) is 1.56. The van der Waals surface area contributed by atoms with Gasteiger partial charge in [0.25, 0.3) is 5.91 Å². The molecule has 1 amide bonds. The topological polar surface area (TPSA) is 41.5 Å². The highest BCUT2D eigenvalue weighted by Gasteiger charge is 2.32. The number of carbonyl (C=O) groups excluding carboxylic acids is 1. The molecule has 0 aromatic rings. The molecule has 0 fully saturated rings. The van der Waals surface area contributed by atoms with E-state index >= 15 is 0 Å². The van der Waals surface area contributed by atoms with Gasteiger partial charge in [0, 0.05) is 6.42 Å². The van der Waals surface area contributed by atoms with Crippen molar-refractivity contribution >= 4 is 11.7 Å². The van der Waals surface area contributed by atoms with E-state index in [1.54, 1.807) is 0 Å². The van der Waals surface area contributed by atoms with Gasteiger partial charge in [-0.05, 0) is 13.8 Å². The third kappa shape index (κ3) is 1.03. The van der Waals surface area contributed by atoms with Gasteiger partial charge in [0.1, 0.15) is 11.4 Å². The molecule has 1 N–H and O–H groups in total. The van der Waals surface area contributed by atoms with Gasteiger partial charge in [-0.1, -0.05) is 6.92 Å². The molecule has 3 nitrogen and oxygen atoms in total. The van der Waals surface area contributed by atoms with E-state index in [2.05, 4.69) is 10.3 Å². The molecule has 0 spiro atoms. The van der Waals surface area contributed by atoms with Gasteiger partial charge in [-0.3, -0.25) is 9.79 Å². The molecule has 1 aliphatic rings. The molecule has 0 aliphatic carbocycles. The van der Waals surface area contributed by atoms with Crippen molar-refractivity contribution < 1.29 is 4.79 Å². The molecule has 3 heteroatoms. The van der Waals surface area contributed by atoms with Gasteiger partial charge >= 0.3 is 0 Å². The minimum atomic E-state index is -0.536. The second-order valence-electron chi connectivity index (χ2n) is 2.93. The number of nitrogens with one attached hydrogen (secondary N) is 1. The summed E-state index contributed by atoms with van der Waals surface area (Å²) in [5.41, 5.74) is -0.536. The van der Waals surface area contributed by atoms with E-state index in [-0.39, 0.29) is 5.91 Å². The zero-order chi connectivity index (χ0) is 7.78. The van der Waals surface area contributed by atoms with Crippen molar-refractivity contribution in [2.45, 2.75) is 32.7 Å². The number of hydrogen-bond donors (Lipinski definition) is 1. The van der Waals surface area contributed by atoms with Crippen LogP contribution >= 0.6 is 0 Å². The first-order valence-electron chi connectivity index (χ1n) is 3.46. The molecule has 0 bridgehead atoms. The Hall–Kier alpha value is -0.860. The Morgan fingerprint density at radius 1 is 1.60 bits per heavy atom. The average Bonchev–Trinajstić information content (AvgIpc) is 2.08. The lowest BCUT2D eigenvalue weighted by molar-refractivity contribution is -0.122. The molecule has 1 rings (SSSR count). The monoisotopic (exact) mass is 140 g/mol. The van der Waals surface area contributed by atoms with Crippen LogP contribution in [0.4, 0.5) is 0 Å². The van der Waals surface area contributed by atoms with E-state index in [1.807, 2.05) is 20.8 Å². The summed E-state index contributed by atoms with van der Waals surface area (Å²) < 4.78 is 0. The van der Waals surface area contributed by atoms with Crippen molar-refractivity contribution in [2.75, 3.05) is 0 Å². The molecule has 1 heterocycles. The summed E-state index contributed by atoms with van der Waals surface area (Å²) >= 11 is 0. The van der Waals surface area contributed by atoms with Crippen LogP contribution in [0.15, 0.2) is 4.99 Å². The smallest absolute Gasteiger partial charge is 0.252 e. The fourth-order valence-electron chi connectivity index (χ4n) is 0.868. The van der Waals surface area contributed by atoms with Crippen molar-refractivity contribution in [2.24, 2.45) is 4.99 Å². The van der Waals surface area contributed by atoms with Crippen LogP contribution in [-0.4, -0.2) is 17.3 Å². The Morgan fingerprint density at radius 2 is 2.20 bits per heavy atom. The lowest BCUT2D eigenvalue weighted by Crippen LogP contribution is -2.34. The zero-order valence-electron chi connectivity index (χ0n) is 6.56. The second-order valence-corrected chi connectivity index (χ2v) is 2.93. The first-order chi connectivity index (χ1) is 4.56. The van der Waals surface area contributed by atoms with E-state index < -0.39 is 5.54 Å². The quantitative estimate of drug-likeness (QED) is 0.572. The number of nitrogens with zero attached hydrogens (tertiary/aromatic N) is 1. The zero-order valence-corrected chi connectivity index (χ0v) is 6.56. The number of hydrogen-bond acceptors (Lipinski definition) is 2. The van der Waals surface area contributed by atoms with Crippen LogP contribution in [0.5, 0.6) is 0 Å². The SMILES string of the molecule is CCC1=NC(C)(C)C(=O)N1. The largest absolute Gasteiger partial charge is 0.312 e. The van der Waals surface area contributed by atoms with Crippen LogP contribution in [-0.2, 0) is 4.79 Å². The third-order valence-electron chi connectivity index (χ3n) is 1.56. The van der Waals surface area contributed by atoms with Crippen molar-refractivity contribution in [3.63, 3.8) is 0 Å². The summed E-state index contributed by atoms with van der Waals surface area (Å²) in [4.78, 5) is 15.2. The molecule has 0 saturated carbocycles. The summed E-state index contributed by atoms with van der Waals surface area (Å²) in [6.45, 7) is 5.59. The van der Waals surface area contributed by atoms with Gasteiger partial charge in [-0.15, -0.1) is 0 Å². The molecular weight excluding hydrogens is 128 g/mol. The van der Waals surface area contributed by atoms with Crippen molar-refractivity contribution in [3.8, 4) is 0 Å². The summed E-state index contributed by atoms with van der Waals surface area (Å²) in [7, 11) is 0. The fourth-order valence-corrected chi connectivity index (χ4v) is 0.868. The highest BCUT2D eigenvalue weighted by Crippen LogP contribution is 2.14. The van der Waals surface area contributed by atoms with Gasteiger partial charge in [-0.2, -0.15) is 0 Å². The molecule has 1 aliphatic heterocycles. The highest BCUT2D eigenvalue weighted by atomic mass is 16.2. The summed E-state index contributed by atoms with van der Waals surface area (Å²) in [6, 6.07) is 0. The van der Waals surface area contributed by atoms with Gasteiger partial charge in [0.2, 0.25) is 0 Å². The van der Waals surface area contributed by atoms with Crippen molar-refractivity contribution in [1.82, 2.24) is 5.32 Å². The maximum Gasteiger partial charge on any atom is 0.252 e. The summed E-state index contributed by atoms with van der Waals surface area (Å²) in [5.74, 6) is 0.805. The number of aliphatic imine (C=N–C) groups is 1. The van der Waals surface area contributed by atoms with Gasteiger partial charge in [0.15, 0.2) is 0 Å². The van der Waals surface area contributed by atoms with Crippen LogP contribution in [0.2, 0.25) is 0 Å². The van der Waals surface area contributed by atoms with Crippen LogP contribution in [0.1, 0.15) is 27.2 Å².